The third-order valence-corrected chi connectivity index (χ3v) is 3.16. The number of azo groups is 1. The van der Waals surface area contributed by atoms with E-state index in [2.05, 4.69) is 15.2 Å². The number of nitrogens with zero attached hydrogens (tertiary/aromatic N) is 4. The maximum absolute atomic E-state index is 11.2. The number of fused-ring (bicyclic) bond motifs is 1. The van der Waals surface area contributed by atoms with Crippen LogP contribution in [0.1, 0.15) is 16.1 Å². The van der Waals surface area contributed by atoms with Crippen LogP contribution in [0.25, 0.3) is 5.65 Å². The van der Waals surface area contributed by atoms with Crippen LogP contribution in [0.4, 0.5) is 11.5 Å². The Balaban J connectivity index is 2.09. The molecule has 7 heteroatoms. The van der Waals surface area contributed by atoms with E-state index in [9.17, 15) is 9.90 Å². The van der Waals surface area contributed by atoms with Gasteiger partial charge in [-0.05, 0) is 31.2 Å². The number of hydrogen-bond acceptors (Lipinski definition) is 5. The molecule has 7 nitrogen and oxygen atoms in total. The summed E-state index contributed by atoms with van der Waals surface area (Å²) in [5.41, 5.74) is 1.28. The van der Waals surface area contributed by atoms with E-state index in [-0.39, 0.29) is 17.0 Å². The van der Waals surface area contributed by atoms with Gasteiger partial charge in [-0.3, -0.25) is 4.40 Å². The van der Waals surface area contributed by atoms with E-state index in [1.165, 1.54) is 12.1 Å². The first-order valence-corrected chi connectivity index (χ1v) is 6.48. The van der Waals surface area contributed by atoms with E-state index in [1.54, 1.807) is 41.8 Å². The molecule has 2 aromatic heterocycles. The zero-order valence-corrected chi connectivity index (χ0v) is 11.6. The van der Waals surface area contributed by atoms with E-state index >= 15 is 0 Å². The van der Waals surface area contributed by atoms with Crippen LogP contribution in [-0.2, 0) is 0 Å². The molecule has 0 spiro atoms. The minimum atomic E-state index is -1.07. The standard InChI is InChI=1S/C15H12N4O3/c1-9-13(19-8-4-7-12(20)14(19)16-9)18-17-11-6-3-2-5-10(11)15(21)22/h2-8,20H,1H3,(H,21,22). The van der Waals surface area contributed by atoms with Crippen LogP contribution in [-0.4, -0.2) is 25.6 Å². The van der Waals surface area contributed by atoms with Gasteiger partial charge in [0.05, 0.1) is 11.3 Å². The minimum Gasteiger partial charge on any atom is -0.504 e. The van der Waals surface area contributed by atoms with Crippen molar-refractivity contribution in [2.24, 2.45) is 10.2 Å². The zero-order chi connectivity index (χ0) is 15.7. The SMILES string of the molecule is Cc1nc2c(O)cccn2c1N=Nc1ccccc1C(=O)O. The molecule has 3 rings (SSSR count). The lowest BCUT2D eigenvalue weighted by Gasteiger charge is -1.99. The molecule has 3 aromatic rings. The van der Waals surface area contributed by atoms with E-state index in [4.69, 9.17) is 5.11 Å². The third kappa shape index (κ3) is 2.28. The van der Waals surface area contributed by atoms with Gasteiger partial charge < -0.3 is 10.2 Å². The molecule has 0 aliphatic heterocycles. The second kappa shape index (κ2) is 5.28. The van der Waals surface area contributed by atoms with E-state index in [0.29, 0.717) is 17.2 Å². The van der Waals surface area contributed by atoms with Gasteiger partial charge in [-0.1, -0.05) is 12.1 Å². The van der Waals surface area contributed by atoms with Gasteiger partial charge in [0.25, 0.3) is 0 Å². The molecule has 0 amide bonds. The number of benzene rings is 1. The van der Waals surface area contributed by atoms with Crippen molar-refractivity contribution >= 4 is 23.1 Å². The number of hydrogen-bond donors (Lipinski definition) is 2. The smallest absolute Gasteiger partial charge is 0.337 e. The number of carboxylic acid groups (broad SMARTS) is 1. The highest BCUT2D eigenvalue weighted by molar-refractivity contribution is 5.93. The Morgan fingerprint density at radius 3 is 2.73 bits per heavy atom. The number of rotatable bonds is 3. The fourth-order valence-corrected chi connectivity index (χ4v) is 2.12. The van der Waals surface area contributed by atoms with Crippen LogP contribution in [0.5, 0.6) is 5.75 Å². The summed E-state index contributed by atoms with van der Waals surface area (Å²) in [5.74, 6) is -0.592. The summed E-state index contributed by atoms with van der Waals surface area (Å²) < 4.78 is 1.59. The Bertz CT molecular complexity index is 899. The lowest BCUT2D eigenvalue weighted by Crippen LogP contribution is -1.95. The fraction of sp³-hybridized carbons (Fsp3) is 0.0667. The topological polar surface area (TPSA) is 99.5 Å². The van der Waals surface area contributed by atoms with Crippen molar-refractivity contribution in [3.8, 4) is 5.75 Å². The predicted molar refractivity (Wildman–Crippen MR) is 79.2 cm³/mol. The normalized spacial score (nSPS) is 11.3. The van der Waals surface area contributed by atoms with Gasteiger partial charge in [0.1, 0.15) is 5.69 Å². The van der Waals surface area contributed by atoms with Crippen LogP contribution in [0.2, 0.25) is 0 Å². The van der Waals surface area contributed by atoms with E-state index < -0.39 is 5.97 Å². The van der Waals surface area contributed by atoms with Crippen LogP contribution in [0.3, 0.4) is 0 Å². The third-order valence-electron chi connectivity index (χ3n) is 3.16. The molecule has 0 atom stereocenters. The van der Waals surface area contributed by atoms with Crippen molar-refractivity contribution in [2.75, 3.05) is 0 Å². The van der Waals surface area contributed by atoms with Crippen molar-refractivity contribution in [3.63, 3.8) is 0 Å². The van der Waals surface area contributed by atoms with Crippen LogP contribution < -0.4 is 0 Å². The van der Waals surface area contributed by atoms with Gasteiger partial charge >= 0.3 is 5.97 Å². The average Bonchev–Trinajstić information content (AvgIpc) is 2.82. The average molecular weight is 296 g/mol. The summed E-state index contributed by atoms with van der Waals surface area (Å²) in [4.78, 5) is 15.4. The predicted octanol–water partition coefficient (Wildman–Crippen LogP) is 3.46. The summed E-state index contributed by atoms with van der Waals surface area (Å²) in [6, 6.07) is 9.54. The number of aromatic hydroxyl groups is 1. The van der Waals surface area contributed by atoms with Gasteiger partial charge in [0.2, 0.25) is 0 Å². The lowest BCUT2D eigenvalue weighted by atomic mass is 10.2. The maximum atomic E-state index is 11.2. The molecule has 0 aliphatic carbocycles. The first-order valence-electron chi connectivity index (χ1n) is 6.48. The highest BCUT2D eigenvalue weighted by Crippen LogP contribution is 2.28. The first kappa shape index (κ1) is 13.7. The molecule has 0 aliphatic rings. The molecule has 0 saturated heterocycles. The van der Waals surface area contributed by atoms with Gasteiger partial charge in [-0.2, -0.15) is 0 Å². The molecular formula is C15H12N4O3. The first-order chi connectivity index (χ1) is 10.6. The van der Waals surface area contributed by atoms with Crippen molar-refractivity contribution in [1.29, 1.82) is 0 Å². The molecule has 2 N–H and O–H groups in total. The fourth-order valence-electron chi connectivity index (χ4n) is 2.12. The number of carbonyl (C=O) groups is 1. The maximum Gasteiger partial charge on any atom is 0.337 e. The van der Waals surface area contributed by atoms with E-state index in [0.717, 1.165) is 0 Å². The number of pyridine rings is 1. The largest absolute Gasteiger partial charge is 0.504 e. The second-order valence-electron chi connectivity index (χ2n) is 4.63. The molecular weight excluding hydrogens is 284 g/mol. The highest BCUT2D eigenvalue weighted by Gasteiger charge is 2.12. The Labute approximate surface area is 125 Å². The number of aromatic nitrogens is 2. The lowest BCUT2D eigenvalue weighted by molar-refractivity contribution is 0.0697. The van der Waals surface area contributed by atoms with Crippen LogP contribution in [0.15, 0.2) is 52.8 Å². The van der Waals surface area contributed by atoms with Gasteiger partial charge in [0.15, 0.2) is 17.2 Å². The summed E-state index contributed by atoms with van der Waals surface area (Å²) in [5, 5.41) is 27.0. The van der Waals surface area contributed by atoms with Crippen LogP contribution in [0, 0.1) is 6.92 Å². The number of carboxylic acids is 1. The molecule has 1 aromatic carbocycles. The summed E-state index contributed by atoms with van der Waals surface area (Å²) in [6.45, 7) is 1.74. The van der Waals surface area contributed by atoms with Crippen LogP contribution >= 0.6 is 0 Å². The Kier molecular flexibility index (Phi) is 3.30. The Morgan fingerprint density at radius 1 is 1.18 bits per heavy atom. The van der Waals surface area contributed by atoms with Crippen molar-refractivity contribution in [1.82, 2.24) is 9.38 Å². The zero-order valence-electron chi connectivity index (χ0n) is 11.6. The molecule has 0 bridgehead atoms. The minimum absolute atomic E-state index is 0.0398. The molecule has 0 radical (unpaired) electrons. The molecule has 22 heavy (non-hydrogen) atoms. The molecule has 2 heterocycles. The van der Waals surface area contributed by atoms with Crippen molar-refractivity contribution < 1.29 is 15.0 Å². The monoisotopic (exact) mass is 296 g/mol. The van der Waals surface area contributed by atoms with Gasteiger partial charge in [-0.25, -0.2) is 9.78 Å². The second-order valence-corrected chi connectivity index (χ2v) is 4.63. The highest BCUT2D eigenvalue weighted by atomic mass is 16.4. The number of aromatic carboxylic acids is 1. The Morgan fingerprint density at radius 2 is 1.95 bits per heavy atom. The molecule has 0 fully saturated rings. The van der Waals surface area contributed by atoms with Gasteiger partial charge in [-0.15, -0.1) is 10.2 Å². The quantitative estimate of drug-likeness (QED) is 0.723. The van der Waals surface area contributed by atoms with Crippen molar-refractivity contribution in [2.45, 2.75) is 6.92 Å². The molecule has 110 valence electrons. The summed E-state index contributed by atoms with van der Waals surface area (Å²) in [6.07, 6.45) is 1.70. The summed E-state index contributed by atoms with van der Waals surface area (Å²) in [7, 11) is 0. The van der Waals surface area contributed by atoms with Crippen molar-refractivity contribution in [3.05, 3.63) is 53.9 Å². The van der Waals surface area contributed by atoms with Gasteiger partial charge in [0, 0.05) is 6.20 Å². The van der Waals surface area contributed by atoms with E-state index in [1.807, 2.05) is 0 Å². The summed E-state index contributed by atoms with van der Waals surface area (Å²) >= 11 is 0. The molecule has 0 saturated carbocycles. The molecule has 0 unspecified atom stereocenters. The number of aryl methyl sites for hydroxylation is 1. The Hall–Kier alpha value is -3.22. The number of imidazole rings is 1.